The van der Waals surface area contributed by atoms with Gasteiger partial charge in [0.2, 0.25) is 11.8 Å². The second-order valence-corrected chi connectivity index (χ2v) is 9.17. The van der Waals surface area contributed by atoms with E-state index in [4.69, 9.17) is 4.84 Å². The van der Waals surface area contributed by atoms with Gasteiger partial charge in [-0.2, -0.15) is 0 Å². The monoisotopic (exact) mass is 398 g/mol. The summed E-state index contributed by atoms with van der Waals surface area (Å²) in [5.41, 5.74) is 3.05. The highest BCUT2D eigenvalue weighted by molar-refractivity contribution is 5.86. The van der Waals surface area contributed by atoms with E-state index in [9.17, 15) is 0 Å². The second-order valence-electron chi connectivity index (χ2n) is 9.17. The molecule has 2 heterocycles. The Kier molecular flexibility index (Phi) is 7.61. The average molecular weight is 399 g/mol. The Morgan fingerprint density at radius 3 is 2.59 bits per heavy atom. The van der Waals surface area contributed by atoms with Gasteiger partial charge in [-0.15, -0.1) is 0 Å². The predicted molar refractivity (Wildman–Crippen MR) is 119 cm³/mol. The maximum atomic E-state index is 6.31. The van der Waals surface area contributed by atoms with Crippen molar-refractivity contribution in [3.63, 3.8) is 0 Å². The van der Waals surface area contributed by atoms with Gasteiger partial charge in [-0.1, -0.05) is 50.1 Å². The van der Waals surface area contributed by atoms with Crippen LogP contribution in [0.15, 0.2) is 30.3 Å². The van der Waals surface area contributed by atoms with Crippen molar-refractivity contribution in [3.05, 3.63) is 35.9 Å². The molecule has 0 spiro atoms. The molecule has 2 unspecified atom stereocenters. The number of rotatable bonds is 10. The Morgan fingerprint density at radius 2 is 1.79 bits per heavy atom. The van der Waals surface area contributed by atoms with Crippen LogP contribution in [-0.4, -0.2) is 65.6 Å². The van der Waals surface area contributed by atoms with Gasteiger partial charge < -0.3 is 4.90 Å². The first kappa shape index (κ1) is 20.9. The van der Waals surface area contributed by atoms with Gasteiger partial charge in [0.15, 0.2) is 6.61 Å². The minimum Gasteiger partial charge on any atom is -0.301 e. The number of hydrogen-bond donors (Lipinski definition) is 0. The summed E-state index contributed by atoms with van der Waals surface area (Å²) in [7, 11) is 0. The smallest absolute Gasteiger partial charge is 0.214 e. The fourth-order valence-electron chi connectivity index (χ4n) is 5.38. The highest BCUT2D eigenvalue weighted by Gasteiger charge is 2.52. The highest BCUT2D eigenvalue weighted by atomic mass is 16.7. The fourth-order valence-corrected chi connectivity index (χ4v) is 5.38. The van der Waals surface area contributed by atoms with Gasteiger partial charge in [-0.05, 0) is 29.6 Å². The van der Waals surface area contributed by atoms with Crippen LogP contribution in [0.5, 0.6) is 0 Å². The van der Waals surface area contributed by atoms with Gasteiger partial charge >= 0.3 is 0 Å². The van der Waals surface area contributed by atoms with E-state index in [1.165, 1.54) is 83.2 Å². The molecular formula is C25H40N3O+. The van der Waals surface area contributed by atoms with Crippen molar-refractivity contribution in [2.75, 3.05) is 39.3 Å². The molecule has 1 saturated carbocycles. The van der Waals surface area contributed by atoms with Crippen LogP contribution >= 0.6 is 0 Å². The van der Waals surface area contributed by atoms with Gasteiger partial charge in [-0.25, -0.2) is 0 Å². The lowest BCUT2D eigenvalue weighted by Crippen LogP contribution is -2.54. The molecule has 2 atom stereocenters. The zero-order valence-corrected chi connectivity index (χ0v) is 18.4. The normalized spacial score (nSPS) is 25.6. The minimum absolute atomic E-state index is 0.673. The zero-order valence-electron chi connectivity index (χ0n) is 18.4. The van der Waals surface area contributed by atoms with Gasteiger partial charge in [-0.3, -0.25) is 9.74 Å². The molecule has 29 heavy (non-hydrogen) atoms. The maximum absolute atomic E-state index is 6.31. The Hall–Kier alpha value is -1.39. The molecule has 2 aliphatic heterocycles. The van der Waals surface area contributed by atoms with Crippen LogP contribution in [0.2, 0.25) is 0 Å². The number of unbranched alkanes of at least 4 members (excludes halogenated alkanes) is 1. The third-order valence-electron chi connectivity index (χ3n) is 7.09. The van der Waals surface area contributed by atoms with E-state index in [1.54, 1.807) is 5.71 Å². The van der Waals surface area contributed by atoms with Crippen molar-refractivity contribution in [2.45, 2.75) is 70.9 Å². The van der Waals surface area contributed by atoms with Gasteiger partial charge in [0, 0.05) is 58.5 Å². The molecule has 4 rings (SSSR count). The van der Waals surface area contributed by atoms with E-state index in [2.05, 4.69) is 51.8 Å². The molecule has 0 radical (unpaired) electrons. The second kappa shape index (κ2) is 10.6. The third kappa shape index (κ3) is 5.40. The van der Waals surface area contributed by atoms with Crippen molar-refractivity contribution in [1.29, 1.82) is 0 Å². The Balaban J connectivity index is 1.15. The summed E-state index contributed by atoms with van der Waals surface area (Å²) in [6.07, 6.45) is 10.5. The summed E-state index contributed by atoms with van der Waals surface area (Å²) in [4.78, 5) is 11.5. The van der Waals surface area contributed by atoms with Crippen LogP contribution < -0.4 is 0 Å². The lowest BCUT2D eigenvalue weighted by atomic mass is 9.75. The quantitative estimate of drug-likeness (QED) is 0.431. The van der Waals surface area contributed by atoms with Crippen molar-refractivity contribution in [3.8, 4) is 0 Å². The standard InChI is InChI=1S/C25H40N3O/c1-2-3-13-24-23-12-7-8-14-25(23)28(24)29-20-9-15-26-16-18-27(19-17-26)21-22-10-5-4-6-11-22/h4-6,10-11,23-24H,2-3,7-9,12-21H2,1H3/q+1. The molecule has 3 aliphatic rings. The summed E-state index contributed by atoms with van der Waals surface area (Å²) in [5.74, 6) is 0.841. The lowest BCUT2D eigenvalue weighted by Gasteiger charge is -2.36. The molecular weight excluding hydrogens is 358 g/mol. The number of nitrogens with zero attached hydrogens (tertiary/aromatic N) is 3. The number of hydroxylamine groups is 1. The Morgan fingerprint density at radius 1 is 1.00 bits per heavy atom. The van der Waals surface area contributed by atoms with Crippen LogP contribution in [-0.2, 0) is 11.4 Å². The zero-order chi connectivity index (χ0) is 19.9. The van der Waals surface area contributed by atoms with E-state index in [0.29, 0.717) is 6.04 Å². The van der Waals surface area contributed by atoms with Gasteiger partial charge in [0.05, 0.1) is 0 Å². The summed E-state index contributed by atoms with van der Waals surface area (Å²) in [5, 5.41) is 0. The summed E-state index contributed by atoms with van der Waals surface area (Å²) >= 11 is 0. The summed E-state index contributed by atoms with van der Waals surface area (Å²) < 4.78 is 2.34. The van der Waals surface area contributed by atoms with Crippen molar-refractivity contribution in [1.82, 2.24) is 9.80 Å². The molecule has 1 aromatic carbocycles. The lowest BCUT2D eigenvalue weighted by molar-refractivity contribution is -0.836. The van der Waals surface area contributed by atoms with E-state index >= 15 is 0 Å². The molecule has 0 aromatic heterocycles. The van der Waals surface area contributed by atoms with E-state index in [0.717, 1.165) is 25.5 Å². The first-order chi connectivity index (χ1) is 14.3. The highest BCUT2D eigenvalue weighted by Crippen LogP contribution is 2.36. The molecule has 0 N–H and O–H groups in total. The van der Waals surface area contributed by atoms with Crippen LogP contribution in [0, 0.1) is 5.92 Å². The fraction of sp³-hybridized carbons (Fsp3) is 0.720. The van der Waals surface area contributed by atoms with Crippen LogP contribution in [0.1, 0.15) is 63.9 Å². The first-order valence-electron chi connectivity index (χ1n) is 12.1. The van der Waals surface area contributed by atoms with Gasteiger partial charge in [0.25, 0.3) is 0 Å². The molecule has 1 aromatic rings. The number of piperazine rings is 1. The Bertz CT molecular complexity index is 651. The number of benzene rings is 1. The van der Waals surface area contributed by atoms with Crippen molar-refractivity contribution < 1.29 is 9.58 Å². The van der Waals surface area contributed by atoms with Crippen molar-refractivity contribution >= 4 is 5.71 Å². The third-order valence-corrected chi connectivity index (χ3v) is 7.09. The average Bonchev–Trinajstić information content (AvgIpc) is 2.76. The molecule has 160 valence electrons. The molecule has 4 nitrogen and oxygen atoms in total. The molecule has 4 heteroatoms. The molecule has 1 aliphatic carbocycles. The predicted octanol–water partition coefficient (Wildman–Crippen LogP) is 4.34. The first-order valence-corrected chi connectivity index (χ1v) is 12.1. The molecule has 1 saturated heterocycles. The van der Waals surface area contributed by atoms with Crippen LogP contribution in [0.4, 0.5) is 0 Å². The maximum Gasteiger partial charge on any atom is 0.214 e. The number of fused-ring (bicyclic) bond motifs is 1. The van der Waals surface area contributed by atoms with Crippen LogP contribution in [0.25, 0.3) is 0 Å². The summed E-state index contributed by atoms with van der Waals surface area (Å²) in [6.45, 7) is 10.2. The van der Waals surface area contributed by atoms with E-state index in [-0.39, 0.29) is 0 Å². The minimum atomic E-state index is 0.673. The molecule has 0 amide bonds. The van der Waals surface area contributed by atoms with E-state index in [1.807, 2.05) is 0 Å². The molecule has 0 bridgehead atoms. The largest absolute Gasteiger partial charge is 0.301 e. The van der Waals surface area contributed by atoms with Gasteiger partial charge in [0.1, 0.15) is 5.92 Å². The Labute approximate surface area is 177 Å². The summed E-state index contributed by atoms with van der Waals surface area (Å²) in [6, 6.07) is 11.5. The van der Waals surface area contributed by atoms with Crippen molar-refractivity contribution in [2.24, 2.45) is 5.92 Å². The number of hydrogen-bond acceptors (Lipinski definition) is 3. The molecule has 2 fully saturated rings. The van der Waals surface area contributed by atoms with Crippen LogP contribution in [0.3, 0.4) is 0 Å². The SMILES string of the molecule is CCCCC1C2CCCCC2=[N+]1OCCCN1CCN(Cc2ccccc2)CC1. The topological polar surface area (TPSA) is 18.7 Å². The van der Waals surface area contributed by atoms with E-state index < -0.39 is 0 Å².